The van der Waals surface area contributed by atoms with E-state index in [0.717, 1.165) is 19.3 Å². The first kappa shape index (κ1) is 19.6. The lowest BCUT2D eigenvalue weighted by Crippen LogP contribution is -2.62. The van der Waals surface area contributed by atoms with Crippen LogP contribution in [-0.4, -0.2) is 30.7 Å². The molecule has 154 valence electrons. The Morgan fingerprint density at radius 2 is 1.76 bits per heavy atom. The van der Waals surface area contributed by atoms with E-state index < -0.39 is 18.0 Å². The van der Waals surface area contributed by atoms with Crippen LogP contribution in [0.5, 0.6) is 11.5 Å². The van der Waals surface area contributed by atoms with Crippen molar-refractivity contribution < 1.29 is 19.1 Å². The summed E-state index contributed by atoms with van der Waals surface area (Å²) in [6, 6.07) is 6.29. The Kier molecular flexibility index (Phi) is 5.12. The van der Waals surface area contributed by atoms with E-state index in [-0.39, 0.29) is 5.54 Å². The first-order chi connectivity index (χ1) is 13.9. The molecule has 4 fully saturated rings. The van der Waals surface area contributed by atoms with E-state index >= 15 is 0 Å². The summed E-state index contributed by atoms with van der Waals surface area (Å²) in [5.74, 6) is 2.33. The fourth-order valence-electron chi connectivity index (χ4n) is 5.83. The Balaban J connectivity index is 1.34. The second-order valence-corrected chi connectivity index (χ2v) is 8.88. The summed E-state index contributed by atoms with van der Waals surface area (Å²) in [6.45, 7) is 1.57. The minimum absolute atomic E-state index is 0.153. The largest absolute Gasteiger partial charge is 0.493 e. The predicted octanol–water partition coefficient (Wildman–Crippen LogP) is 3.13. The fourth-order valence-corrected chi connectivity index (χ4v) is 5.83. The summed E-state index contributed by atoms with van der Waals surface area (Å²) in [5.41, 5.74) is 0.278. The number of nitrogens with zero attached hydrogens (tertiary/aromatic N) is 1. The van der Waals surface area contributed by atoms with Crippen molar-refractivity contribution >= 4 is 11.9 Å². The first-order valence-corrected chi connectivity index (χ1v) is 10.3. The van der Waals surface area contributed by atoms with Crippen LogP contribution in [0.4, 0.5) is 4.79 Å². The molecule has 0 spiro atoms. The summed E-state index contributed by atoms with van der Waals surface area (Å²) < 4.78 is 10.9. The summed E-state index contributed by atoms with van der Waals surface area (Å²) in [6.07, 6.45) is 6.05. The Hall–Kier alpha value is -2.75. The maximum absolute atomic E-state index is 12.5. The van der Waals surface area contributed by atoms with Crippen LogP contribution in [0.15, 0.2) is 18.2 Å². The van der Waals surface area contributed by atoms with Crippen molar-refractivity contribution in [2.75, 3.05) is 7.11 Å². The number of carbonyl (C=O) groups excluding carboxylic acids is 2. The summed E-state index contributed by atoms with van der Waals surface area (Å²) in [4.78, 5) is 25.0. The third-order valence-electron chi connectivity index (χ3n) is 6.62. The second kappa shape index (κ2) is 7.58. The van der Waals surface area contributed by atoms with Crippen molar-refractivity contribution in [1.29, 1.82) is 5.26 Å². The molecule has 0 aromatic heterocycles. The number of urea groups is 1. The van der Waals surface area contributed by atoms with Gasteiger partial charge >= 0.3 is 6.03 Å². The monoisotopic (exact) mass is 397 g/mol. The molecule has 7 heteroatoms. The number of nitriles is 1. The average Bonchev–Trinajstić information content (AvgIpc) is 2.66. The molecule has 2 N–H and O–H groups in total. The zero-order valence-corrected chi connectivity index (χ0v) is 16.9. The van der Waals surface area contributed by atoms with E-state index in [2.05, 4.69) is 10.6 Å². The number of hydrogen-bond acceptors (Lipinski definition) is 5. The molecule has 0 aliphatic heterocycles. The maximum Gasteiger partial charge on any atom is 0.321 e. The number of imide groups is 1. The lowest BCUT2D eigenvalue weighted by atomic mass is 9.53. The van der Waals surface area contributed by atoms with Crippen LogP contribution >= 0.6 is 0 Å². The SMILES string of the molecule is COc1cc(C#N)ccc1O[C@@H](C)C(=O)NC(=O)NC12CC3CC(CC(C3)C1)C2. The first-order valence-electron chi connectivity index (χ1n) is 10.3. The van der Waals surface area contributed by atoms with Gasteiger partial charge in [0.05, 0.1) is 18.7 Å². The van der Waals surface area contributed by atoms with Gasteiger partial charge in [-0.1, -0.05) is 0 Å². The molecule has 1 aromatic carbocycles. The molecule has 0 heterocycles. The van der Waals surface area contributed by atoms with Crippen LogP contribution in [0, 0.1) is 29.1 Å². The quantitative estimate of drug-likeness (QED) is 0.795. The molecule has 5 rings (SSSR count). The molecule has 0 unspecified atom stereocenters. The molecular weight excluding hydrogens is 370 g/mol. The van der Waals surface area contributed by atoms with E-state index in [9.17, 15) is 9.59 Å². The van der Waals surface area contributed by atoms with E-state index in [1.165, 1.54) is 26.4 Å². The van der Waals surface area contributed by atoms with Gasteiger partial charge in [0.15, 0.2) is 17.6 Å². The summed E-state index contributed by atoms with van der Waals surface area (Å²) >= 11 is 0. The number of amides is 3. The molecule has 3 amide bonds. The minimum Gasteiger partial charge on any atom is -0.493 e. The average molecular weight is 397 g/mol. The van der Waals surface area contributed by atoms with E-state index in [1.807, 2.05) is 6.07 Å². The van der Waals surface area contributed by atoms with Crippen LogP contribution in [0.3, 0.4) is 0 Å². The van der Waals surface area contributed by atoms with Gasteiger partial charge < -0.3 is 14.8 Å². The summed E-state index contributed by atoms with van der Waals surface area (Å²) in [7, 11) is 1.47. The van der Waals surface area contributed by atoms with Crippen LogP contribution in [-0.2, 0) is 4.79 Å². The number of nitrogens with one attached hydrogen (secondary N) is 2. The molecule has 4 aliphatic rings. The standard InChI is InChI=1S/C22H27N3O4/c1-13(29-18-4-3-14(12-23)8-19(18)28-2)20(26)24-21(27)25-22-9-15-5-16(10-22)7-17(6-15)11-22/h3-4,8,13,15-17H,5-7,9-11H2,1-2H3,(H2,24,25,26,27)/t13-,15?,16?,17?,22?/m0/s1. The van der Waals surface area contributed by atoms with Gasteiger partial charge in [-0.05, 0) is 75.3 Å². The number of benzene rings is 1. The van der Waals surface area contributed by atoms with E-state index in [0.29, 0.717) is 34.8 Å². The number of hydrogen-bond donors (Lipinski definition) is 2. The third-order valence-corrected chi connectivity index (χ3v) is 6.62. The highest BCUT2D eigenvalue weighted by Gasteiger charge is 2.51. The smallest absolute Gasteiger partial charge is 0.321 e. The molecule has 1 atom stereocenters. The number of methoxy groups -OCH3 is 1. The highest BCUT2D eigenvalue weighted by atomic mass is 16.5. The van der Waals surface area contributed by atoms with Gasteiger partial charge in [0, 0.05) is 11.6 Å². The van der Waals surface area contributed by atoms with Crippen molar-refractivity contribution in [3.8, 4) is 17.6 Å². The Labute approximate surface area is 170 Å². The van der Waals surface area contributed by atoms with Gasteiger partial charge in [0.2, 0.25) is 0 Å². The van der Waals surface area contributed by atoms with Crippen molar-refractivity contribution in [3.05, 3.63) is 23.8 Å². The number of rotatable bonds is 5. The molecule has 0 saturated heterocycles. The highest BCUT2D eigenvalue weighted by Crippen LogP contribution is 2.55. The maximum atomic E-state index is 12.5. The Morgan fingerprint density at radius 3 is 2.31 bits per heavy atom. The van der Waals surface area contributed by atoms with Crippen LogP contribution in [0.2, 0.25) is 0 Å². The van der Waals surface area contributed by atoms with Gasteiger partial charge in [-0.3, -0.25) is 10.1 Å². The molecule has 1 aromatic rings. The molecule has 29 heavy (non-hydrogen) atoms. The fraction of sp³-hybridized carbons (Fsp3) is 0.591. The lowest BCUT2D eigenvalue weighted by Gasteiger charge is -2.56. The Morgan fingerprint density at radius 1 is 1.14 bits per heavy atom. The van der Waals surface area contributed by atoms with Crippen molar-refractivity contribution in [3.63, 3.8) is 0 Å². The zero-order chi connectivity index (χ0) is 20.6. The molecule has 4 aliphatic carbocycles. The second-order valence-electron chi connectivity index (χ2n) is 8.88. The molecule has 7 nitrogen and oxygen atoms in total. The van der Waals surface area contributed by atoms with Crippen LogP contribution in [0.25, 0.3) is 0 Å². The van der Waals surface area contributed by atoms with Gasteiger partial charge in [0.1, 0.15) is 0 Å². The molecule has 0 radical (unpaired) electrons. The van der Waals surface area contributed by atoms with Gasteiger partial charge in [0.25, 0.3) is 5.91 Å². The van der Waals surface area contributed by atoms with E-state index in [4.69, 9.17) is 14.7 Å². The summed E-state index contributed by atoms with van der Waals surface area (Å²) in [5, 5.41) is 14.5. The topological polar surface area (TPSA) is 100 Å². The predicted molar refractivity (Wildman–Crippen MR) is 105 cm³/mol. The molecular formula is C22H27N3O4. The van der Waals surface area contributed by atoms with Crippen molar-refractivity contribution in [2.24, 2.45) is 17.8 Å². The van der Waals surface area contributed by atoms with Gasteiger partial charge in [-0.15, -0.1) is 0 Å². The number of carbonyl (C=O) groups is 2. The minimum atomic E-state index is -0.890. The molecule has 4 saturated carbocycles. The third kappa shape index (κ3) is 4.02. The molecule has 4 bridgehead atoms. The van der Waals surface area contributed by atoms with Crippen LogP contribution in [0.1, 0.15) is 51.0 Å². The number of ether oxygens (including phenoxy) is 2. The van der Waals surface area contributed by atoms with Crippen molar-refractivity contribution in [1.82, 2.24) is 10.6 Å². The zero-order valence-electron chi connectivity index (χ0n) is 16.9. The Bertz CT molecular complexity index is 825. The van der Waals surface area contributed by atoms with E-state index in [1.54, 1.807) is 25.1 Å². The van der Waals surface area contributed by atoms with Crippen LogP contribution < -0.4 is 20.1 Å². The van der Waals surface area contributed by atoms with Crippen molar-refractivity contribution in [2.45, 2.75) is 57.1 Å². The van der Waals surface area contributed by atoms with Gasteiger partial charge in [-0.2, -0.15) is 5.26 Å². The highest BCUT2D eigenvalue weighted by molar-refractivity contribution is 5.96. The lowest BCUT2D eigenvalue weighted by molar-refractivity contribution is -0.126. The van der Waals surface area contributed by atoms with Gasteiger partial charge in [-0.25, -0.2) is 4.79 Å². The normalized spacial score (nSPS) is 30.2.